The molecule has 0 radical (unpaired) electrons. The summed E-state index contributed by atoms with van der Waals surface area (Å²) in [7, 11) is 3.32. The van der Waals surface area contributed by atoms with Gasteiger partial charge in [0, 0.05) is 25.4 Å². The average Bonchev–Trinajstić information content (AvgIpc) is 2.54. The second kappa shape index (κ2) is 9.95. The minimum atomic E-state index is -0.225. The van der Waals surface area contributed by atoms with Gasteiger partial charge in [0.2, 0.25) is 0 Å². The molecule has 0 saturated carbocycles. The van der Waals surface area contributed by atoms with Gasteiger partial charge >= 0.3 is 0 Å². The number of terminal acetylenes is 1. The highest BCUT2D eigenvalue weighted by atomic mass is 16.5. The van der Waals surface area contributed by atoms with Crippen LogP contribution in [0.3, 0.4) is 0 Å². The topological polar surface area (TPSA) is 27.7 Å². The second-order valence-electron chi connectivity index (χ2n) is 5.97. The summed E-state index contributed by atoms with van der Waals surface area (Å²) in [5.74, 6) is 9.86. The predicted octanol–water partition coefficient (Wildman–Crippen LogP) is 3.67. The SMILES string of the molecule is C#CCC(C)(C)C(C#CCCOC)OCc1ccc(OC)cc1. The summed E-state index contributed by atoms with van der Waals surface area (Å²) < 4.78 is 16.2. The van der Waals surface area contributed by atoms with E-state index in [4.69, 9.17) is 20.6 Å². The lowest BCUT2D eigenvalue weighted by Gasteiger charge is -2.29. The van der Waals surface area contributed by atoms with E-state index in [1.165, 1.54) is 0 Å². The van der Waals surface area contributed by atoms with Gasteiger partial charge in [0.25, 0.3) is 0 Å². The zero-order chi connectivity index (χ0) is 17.1. The Morgan fingerprint density at radius 3 is 2.43 bits per heavy atom. The highest BCUT2D eigenvalue weighted by Crippen LogP contribution is 2.28. The molecule has 0 aliphatic heterocycles. The third-order valence-electron chi connectivity index (χ3n) is 3.51. The number of hydrogen-bond donors (Lipinski definition) is 0. The van der Waals surface area contributed by atoms with Crippen molar-refractivity contribution in [3.05, 3.63) is 29.8 Å². The molecule has 3 nitrogen and oxygen atoms in total. The van der Waals surface area contributed by atoms with Crippen LogP contribution in [-0.4, -0.2) is 26.9 Å². The standard InChI is InChI=1S/C20H26O3/c1-6-14-20(2,3)19(9-7-8-15-21-4)23-16-17-10-12-18(22-5)13-11-17/h1,10-13,19H,8,14-16H2,2-5H3. The van der Waals surface area contributed by atoms with E-state index in [0.29, 0.717) is 26.1 Å². The van der Waals surface area contributed by atoms with Crippen molar-refractivity contribution in [2.45, 2.75) is 39.4 Å². The van der Waals surface area contributed by atoms with E-state index in [2.05, 4.69) is 31.6 Å². The molecule has 0 bridgehead atoms. The van der Waals surface area contributed by atoms with Gasteiger partial charge in [-0.2, -0.15) is 0 Å². The monoisotopic (exact) mass is 314 g/mol. The molecule has 0 N–H and O–H groups in total. The minimum absolute atomic E-state index is 0.207. The Kier molecular flexibility index (Phi) is 8.27. The number of hydrogen-bond acceptors (Lipinski definition) is 3. The van der Waals surface area contributed by atoms with Crippen molar-refractivity contribution in [1.29, 1.82) is 0 Å². The fraction of sp³-hybridized carbons (Fsp3) is 0.500. The molecule has 0 spiro atoms. The molecule has 0 fully saturated rings. The van der Waals surface area contributed by atoms with Gasteiger partial charge in [0.1, 0.15) is 11.9 Å². The molecule has 0 aliphatic carbocycles. The molecule has 0 heterocycles. The summed E-state index contributed by atoms with van der Waals surface area (Å²) in [5, 5.41) is 0. The van der Waals surface area contributed by atoms with Crippen molar-refractivity contribution in [2.24, 2.45) is 5.41 Å². The van der Waals surface area contributed by atoms with Crippen LogP contribution in [0.1, 0.15) is 32.3 Å². The summed E-state index contributed by atoms with van der Waals surface area (Å²) in [4.78, 5) is 0. The van der Waals surface area contributed by atoms with Crippen LogP contribution in [-0.2, 0) is 16.1 Å². The smallest absolute Gasteiger partial charge is 0.124 e. The molecular formula is C20H26O3. The Balaban J connectivity index is 2.74. The van der Waals surface area contributed by atoms with Crippen molar-refractivity contribution in [2.75, 3.05) is 20.8 Å². The van der Waals surface area contributed by atoms with E-state index in [1.54, 1.807) is 14.2 Å². The number of methoxy groups -OCH3 is 2. The molecule has 124 valence electrons. The molecule has 0 aromatic heterocycles. The third-order valence-corrected chi connectivity index (χ3v) is 3.51. The lowest BCUT2D eigenvalue weighted by atomic mass is 9.83. The number of ether oxygens (including phenoxy) is 3. The van der Waals surface area contributed by atoms with Gasteiger partial charge in [-0.25, -0.2) is 0 Å². The lowest BCUT2D eigenvalue weighted by molar-refractivity contribution is 0.00445. The molecule has 1 atom stereocenters. The predicted molar refractivity (Wildman–Crippen MR) is 93.1 cm³/mol. The van der Waals surface area contributed by atoms with E-state index in [9.17, 15) is 0 Å². The molecular weight excluding hydrogens is 288 g/mol. The Bertz CT molecular complexity index is 555. The maximum atomic E-state index is 6.05. The van der Waals surface area contributed by atoms with Crippen LogP contribution in [0, 0.1) is 29.6 Å². The molecule has 0 aliphatic rings. The van der Waals surface area contributed by atoms with Crippen molar-refractivity contribution in [3.8, 4) is 29.9 Å². The zero-order valence-electron chi connectivity index (χ0n) is 14.5. The maximum absolute atomic E-state index is 6.05. The van der Waals surface area contributed by atoms with Gasteiger partial charge in [0.15, 0.2) is 0 Å². The van der Waals surface area contributed by atoms with Crippen LogP contribution >= 0.6 is 0 Å². The summed E-state index contributed by atoms with van der Waals surface area (Å²) in [5.41, 5.74) is 0.868. The summed E-state index contributed by atoms with van der Waals surface area (Å²) in [6, 6.07) is 7.82. The molecule has 1 unspecified atom stereocenters. The van der Waals surface area contributed by atoms with Crippen LogP contribution in [0.2, 0.25) is 0 Å². The van der Waals surface area contributed by atoms with E-state index in [0.717, 1.165) is 11.3 Å². The Hall–Kier alpha value is -1.94. The second-order valence-corrected chi connectivity index (χ2v) is 5.97. The van der Waals surface area contributed by atoms with Crippen LogP contribution in [0.4, 0.5) is 0 Å². The van der Waals surface area contributed by atoms with Gasteiger partial charge in [-0.05, 0) is 17.7 Å². The van der Waals surface area contributed by atoms with E-state index in [-0.39, 0.29) is 11.5 Å². The first-order valence-corrected chi connectivity index (χ1v) is 7.69. The van der Waals surface area contributed by atoms with Crippen molar-refractivity contribution in [3.63, 3.8) is 0 Å². The van der Waals surface area contributed by atoms with Crippen molar-refractivity contribution < 1.29 is 14.2 Å². The van der Waals surface area contributed by atoms with Gasteiger partial charge < -0.3 is 14.2 Å². The highest BCUT2D eigenvalue weighted by Gasteiger charge is 2.28. The molecule has 3 heteroatoms. The van der Waals surface area contributed by atoms with Crippen LogP contribution in [0.25, 0.3) is 0 Å². The summed E-state index contributed by atoms with van der Waals surface area (Å²) in [6.45, 7) is 5.27. The largest absolute Gasteiger partial charge is 0.497 e. The molecule has 1 rings (SSSR count). The first-order chi connectivity index (χ1) is 11.0. The highest BCUT2D eigenvalue weighted by molar-refractivity contribution is 5.26. The van der Waals surface area contributed by atoms with Crippen molar-refractivity contribution >= 4 is 0 Å². The van der Waals surface area contributed by atoms with Crippen LogP contribution in [0.5, 0.6) is 5.75 Å². The fourth-order valence-electron chi connectivity index (χ4n) is 2.04. The molecule has 1 aromatic rings. The van der Waals surface area contributed by atoms with Crippen LogP contribution < -0.4 is 4.74 Å². The van der Waals surface area contributed by atoms with E-state index < -0.39 is 0 Å². The van der Waals surface area contributed by atoms with Gasteiger partial charge in [0.05, 0.1) is 20.3 Å². The summed E-state index contributed by atoms with van der Waals surface area (Å²) in [6.07, 6.45) is 6.55. The maximum Gasteiger partial charge on any atom is 0.124 e. The van der Waals surface area contributed by atoms with Gasteiger partial charge in [-0.1, -0.05) is 37.8 Å². The van der Waals surface area contributed by atoms with E-state index >= 15 is 0 Å². The Morgan fingerprint density at radius 2 is 1.87 bits per heavy atom. The van der Waals surface area contributed by atoms with Crippen molar-refractivity contribution in [1.82, 2.24) is 0 Å². The fourth-order valence-corrected chi connectivity index (χ4v) is 2.04. The van der Waals surface area contributed by atoms with Gasteiger partial charge in [-0.15, -0.1) is 12.3 Å². The first kappa shape index (κ1) is 19.1. The normalized spacial score (nSPS) is 12.0. The molecule has 23 heavy (non-hydrogen) atoms. The average molecular weight is 314 g/mol. The van der Waals surface area contributed by atoms with Gasteiger partial charge in [-0.3, -0.25) is 0 Å². The summed E-state index contributed by atoms with van der Waals surface area (Å²) >= 11 is 0. The van der Waals surface area contributed by atoms with Crippen LogP contribution in [0.15, 0.2) is 24.3 Å². The number of rotatable bonds is 8. The Morgan fingerprint density at radius 1 is 1.17 bits per heavy atom. The quantitative estimate of drug-likeness (QED) is 0.541. The van der Waals surface area contributed by atoms with E-state index in [1.807, 2.05) is 24.3 Å². The zero-order valence-corrected chi connectivity index (χ0v) is 14.5. The molecule has 0 amide bonds. The first-order valence-electron chi connectivity index (χ1n) is 7.69. The minimum Gasteiger partial charge on any atom is -0.497 e. The molecule has 1 aromatic carbocycles. The number of benzene rings is 1. The third kappa shape index (κ3) is 6.78. The lowest BCUT2D eigenvalue weighted by Crippen LogP contribution is -2.30. The Labute approximate surface area is 140 Å². The molecule has 0 saturated heterocycles.